The summed E-state index contributed by atoms with van der Waals surface area (Å²) in [7, 11) is 0. The van der Waals surface area contributed by atoms with Gasteiger partial charge in [-0.15, -0.1) is 0 Å². The first-order chi connectivity index (χ1) is 9.11. The Morgan fingerprint density at radius 1 is 1.56 bits per heavy atom. The molecule has 8 nitrogen and oxygen atoms in total. The van der Waals surface area contributed by atoms with E-state index in [0.29, 0.717) is 11.2 Å². The molecule has 0 radical (unpaired) electrons. The highest BCUT2D eigenvalue weighted by molar-refractivity contribution is 5.81. The van der Waals surface area contributed by atoms with Crippen LogP contribution in [0, 0.1) is 0 Å². The second-order valence-electron chi connectivity index (χ2n) is 4.13. The number of nitrogen functional groups attached to an aromatic ring is 1. The van der Waals surface area contributed by atoms with E-state index < -0.39 is 18.4 Å². The number of aliphatic hydroxyl groups is 2. The number of ether oxygens (including phenoxy) is 1. The number of aliphatic hydroxyl groups excluding tert-OH is 2. The van der Waals surface area contributed by atoms with E-state index in [1.807, 2.05) is 0 Å². The number of hydrogen-bond acceptors (Lipinski definition) is 7. The van der Waals surface area contributed by atoms with E-state index in [1.54, 1.807) is 0 Å². The number of nitrogens with two attached hydrogens (primary N) is 1. The van der Waals surface area contributed by atoms with Gasteiger partial charge in [-0.3, -0.25) is 4.57 Å². The monoisotopic (exact) mass is 252 g/mol. The van der Waals surface area contributed by atoms with Crippen LogP contribution < -0.4 is 5.73 Å². The van der Waals surface area contributed by atoms with Gasteiger partial charge in [0, 0.05) is 6.42 Å². The molecule has 4 N–H and O–H groups in total. The van der Waals surface area contributed by atoms with Crippen LogP contribution in [0.4, 0.5) is 5.82 Å². The molecule has 8 heteroatoms. The van der Waals surface area contributed by atoms with Crippen LogP contribution in [0.25, 0.3) is 11.2 Å². The largest absolute Gasteiger partial charge is 0.394 e. The lowest BCUT2D eigenvalue weighted by atomic mass is 10.2. The summed E-state index contributed by atoms with van der Waals surface area (Å²) in [5, 5.41) is 18.8. The first-order valence-corrected chi connectivity index (χ1v) is 5.51. The standard InChI is InChI=1S/C10H13N5O3/c11-9-8-10(13-3-12-9)15(4-14-8)7-1-5(17)6(2-16)18-7/h3-7,16-17H,1-2H2,(H2,11,12,13)/t5-,6+,7+/m0/s1/i4D. The third kappa shape index (κ3) is 1.62. The van der Waals surface area contributed by atoms with Crippen LogP contribution in [0.1, 0.15) is 14.0 Å². The normalized spacial score (nSPS) is 28.8. The summed E-state index contributed by atoms with van der Waals surface area (Å²) in [6, 6.07) is 0. The number of imidazole rings is 1. The lowest BCUT2D eigenvalue weighted by Gasteiger charge is -2.13. The fourth-order valence-corrected chi connectivity index (χ4v) is 2.06. The highest BCUT2D eigenvalue weighted by Crippen LogP contribution is 2.30. The predicted molar refractivity (Wildman–Crippen MR) is 61.4 cm³/mol. The Morgan fingerprint density at radius 3 is 3.11 bits per heavy atom. The molecule has 1 saturated heterocycles. The highest BCUT2D eigenvalue weighted by Gasteiger charge is 2.35. The molecule has 0 aromatic carbocycles. The molecule has 0 amide bonds. The van der Waals surface area contributed by atoms with E-state index in [2.05, 4.69) is 15.0 Å². The van der Waals surface area contributed by atoms with Crippen LogP contribution in [0.5, 0.6) is 0 Å². The van der Waals surface area contributed by atoms with Gasteiger partial charge >= 0.3 is 0 Å². The Hall–Kier alpha value is -1.77. The first-order valence-electron chi connectivity index (χ1n) is 6.01. The highest BCUT2D eigenvalue weighted by atomic mass is 16.5. The molecule has 1 aliphatic rings. The Balaban J connectivity index is 2.06. The SMILES string of the molecule is [2H]c1nc2c(N)ncnc2n1[C@H]1C[C@H](O)[C@@H](CO)O1. The van der Waals surface area contributed by atoms with Crippen molar-refractivity contribution in [2.24, 2.45) is 0 Å². The number of nitrogens with zero attached hydrogens (tertiary/aromatic N) is 4. The van der Waals surface area contributed by atoms with E-state index in [9.17, 15) is 5.11 Å². The summed E-state index contributed by atoms with van der Waals surface area (Å²) in [6.45, 7) is -0.283. The molecule has 1 aliphatic heterocycles. The molecule has 2 aromatic rings. The lowest BCUT2D eigenvalue weighted by molar-refractivity contribution is -0.0432. The van der Waals surface area contributed by atoms with Crippen LogP contribution in [0.3, 0.4) is 0 Å². The Kier molecular flexibility index (Phi) is 2.35. The van der Waals surface area contributed by atoms with Gasteiger partial charge in [0.15, 0.2) is 11.5 Å². The molecule has 3 rings (SSSR count). The van der Waals surface area contributed by atoms with Gasteiger partial charge < -0.3 is 20.7 Å². The minimum atomic E-state index is -0.786. The topological polar surface area (TPSA) is 119 Å². The number of hydrogen-bond donors (Lipinski definition) is 3. The smallest absolute Gasteiger partial charge is 0.167 e. The van der Waals surface area contributed by atoms with Crippen LogP contribution in [0.2, 0.25) is 0 Å². The molecule has 3 heterocycles. The van der Waals surface area contributed by atoms with Crippen LogP contribution >= 0.6 is 0 Å². The van der Waals surface area contributed by atoms with Crippen LogP contribution in [-0.4, -0.2) is 48.5 Å². The Morgan fingerprint density at radius 2 is 2.39 bits per heavy atom. The first kappa shape index (κ1) is 10.2. The van der Waals surface area contributed by atoms with Gasteiger partial charge in [-0.2, -0.15) is 0 Å². The van der Waals surface area contributed by atoms with E-state index in [4.69, 9.17) is 16.9 Å². The van der Waals surface area contributed by atoms with E-state index in [0.717, 1.165) is 0 Å². The molecule has 1 fully saturated rings. The van der Waals surface area contributed by atoms with Crippen molar-refractivity contribution in [3.05, 3.63) is 12.6 Å². The molecular formula is C10H13N5O3. The van der Waals surface area contributed by atoms with E-state index in [1.165, 1.54) is 10.9 Å². The van der Waals surface area contributed by atoms with Gasteiger partial charge in [0.05, 0.1) is 19.0 Å². The Labute approximate surface area is 103 Å². The fraction of sp³-hybridized carbons (Fsp3) is 0.500. The molecule has 0 spiro atoms. The van der Waals surface area contributed by atoms with Crippen molar-refractivity contribution in [1.82, 2.24) is 19.5 Å². The minimum absolute atomic E-state index is 0.0713. The van der Waals surface area contributed by atoms with Crippen LogP contribution in [-0.2, 0) is 4.74 Å². The third-order valence-corrected chi connectivity index (χ3v) is 3.00. The van der Waals surface area contributed by atoms with Gasteiger partial charge in [-0.05, 0) is 0 Å². The molecule has 18 heavy (non-hydrogen) atoms. The second-order valence-corrected chi connectivity index (χ2v) is 4.13. The zero-order chi connectivity index (χ0) is 13.6. The molecule has 0 aliphatic carbocycles. The van der Waals surface area contributed by atoms with Crippen molar-refractivity contribution < 1.29 is 16.3 Å². The second kappa shape index (κ2) is 4.16. The molecular weight excluding hydrogens is 238 g/mol. The zero-order valence-corrected chi connectivity index (χ0v) is 9.39. The maximum Gasteiger partial charge on any atom is 0.167 e. The maximum absolute atomic E-state index is 9.74. The fourth-order valence-electron chi connectivity index (χ4n) is 2.06. The van der Waals surface area contributed by atoms with Crippen molar-refractivity contribution in [3.8, 4) is 0 Å². The number of anilines is 1. The lowest BCUT2D eigenvalue weighted by Crippen LogP contribution is -2.24. The van der Waals surface area contributed by atoms with Gasteiger partial charge in [0.1, 0.15) is 25.5 Å². The molecule has 0 saturated carbocycles. The summed E-state index contributed by atoms with van der Waals surface area (Å²) in [5.41, 5.74) is 6.39. The van der Waals surface area contributed by atoms with Crippen molar-refractivity contribution >= 4 is 17.0 Å². The van der Waals surface area contributed by atoms with Gasteiger partial charge in [-0.1, -0.05) is 0 Å². The van der Waals surface area contributed by atoms with Crippen molar-refractivity contribution in [3.63, 3.8) is 0 Å². The summed E-state index contributed by atoms with van der Waals surface area (Å²) >= 11 is 0. The quantitative estimate of drug-likeness (QED) is 0.630. The molecule has 96 valence electrons. The van der Waals surface area contributed by atoms with Gasteiger partial charge in [0.2, 0.25) is 0 Å². The summed E-state index contributed by atoms with van der Waals surface area (Å²) in [4.78, 5) is 11.8. The summed E-state index contributed by atoms with van der Waals surface area (Å²) < 4.78 is 14.8. The minimum Gasteiger partial charge on any atom is -0.394 e. The predicted octanol–water partition coefficient (Wildman–Crippen LogP) is -0.951. The van der Waals surface area contributed by atoms with Crippen LogP contribution in [0.15, 0.2) is 12.6 Å². The zero-order valence-electron chi connectivity index (χ0n) is 10.4. The summed E-state index contributed by atoms with van der Waals surface area (Å²) in [5.74, 6) is 0.189. The van der Waals surface area contributed by atoms with Gasteiger partial charge in [0.25, 0.3) is 0 Å². The number of fused-ring (bicyclic) bond motifs is 1. The summed E-state index contributed by atoms with van der Waals surface area (Å²) in [6.07, 6.45) is -0.583. The number of rotatable bonds is 2. The third-order valence-electron chi connectivity index (χ3n) is 3.00. The van der Waals surface area contributed by atoms with Crippen molar-refractivity contribution in [2.75, 3.05) is 12.3 Å². The average molecular weight is 252 g/mol. The van der Waals surface area contributed by atoms with Crippen molar-refractivity contribution in [1.29, 1.82) is 0 Å². The average Bonchev–Trinajstić information content (AvgIpc) is 2.90. The molecule has 3 atom stereocenters. The Bertz CT molecular complexity index is 618. The molecule has 0 bridgehead atoms. The van der Waals surface area contributed by atoms with Crippen molar-refractivity contribution in [2.45, 2.75) is 24.9 Å². The van der Waals surface area contributed by atoms with E-state index >= 15 is 0 Å². The molecule has 0 unspecified atom stereocenters. The number of aromatic nitrogens is 4. The maximum atomic E-state index is 9.74. The molecule has 2 aromatic heterocycles. The van der Waals surface area contributed by atoms with Gasteiger partial charge in [-0.25, -0.2) is 15.0 Å². The van der Waals surface area contributed by atoms with E-state index in [-0.39, 0.29) is 25.1 Å².